The summed E-state index contributed by atoms with van der Waals surface area (Å²) < 4.78 is 7.20. The van der Waals surface area contributed by atoms with Gasteiger partial charge in [0.2, 0.25) is 0 Å². The zero-order valence-electron chi connectivity index (χ0n) is 11.2. The molecule has 0 aliphatic rings. The SMILES string of the molecule is CCOc1ccccc1C(=O)CSc1nnc(SC)s1. The molecule has 1 heterocycles. The second-order valence-corrected chi connectivity index (χ2v) is 6.93. The second kappa shape index (κ2) is 7.66. The Labute approximate surface area is 130 Å². The summed E-state index contributed by atoms with van der Waals surface area (Å²) in [6.07, 6.45) is 1.96. The number of hydrogen-bond acceptors (Lipinski definition) is 7. The van der Waals surface area contributed by atoms with Crippen molar-refractivity contribution in [2.45, 2.75) is 15.6 Å². The third-order valence-electron chi connectivity index (χ3n) is 2.38. The molecule has 0 aliphatic heterocycles. The normalized spacial score (nSPS) is 10.5. The minimum atomic E-state index is 0.0416. The molecule has 0 saturated heterocycles. The number of hydrogen-bond donors (Lipinski definition) is 0. The van der Waals surface area contributed by atoms with Crippen LogP contribution in [0, 0.1) is 0 Å². The van der Waals surface area contributed by atoms with Gasteiger partial charge in [0, 0.05) is 0 Å². The van der Waals surface area contributed by atoms with E-state index in [0.717, 1.165) is 8.68 Å². The molecule has 1 aromatic carbocycles. The van der Waals surface area contributed by atoms with Crippen molar-refractivity contribution in [2.24, 2.45) is 0 Å². The molecule has 0 amide bonds. The first kappa shape index (κ1) is 15.3. The molecule has 0 bridgehead atoms. The van der Waals surface area contributed by atoms with Crippen LogP contribution in [-0.2, 0) is 0 Å². The van der Waals surface area contributed by atoms with Gasteiger partial charge in [0.15, 0.2) is 14.5 Å². The number of Topliss-reactive ketones (excluding diaryl/α,β-unsaturated/α-hetero) is 1. The Hall–Kier alpha value is -1.05. The lowest BCUT2D eigenvalue weighted by molar-refractivity contribution is 0.101. The molecule has 0 unspecified atom stereocenters. The molecule has 0 radical (unpaired) electrons. The lowest BCUT2D eigenvalue weighted by Crippen LogP contribution is -2.06. The number of carbonyl (C=O) groups is 1. The number of nitrogens with zero attached hydrogens (tertiary/aromatic N) is 2. The molecular formula is C13H14N2O2S3. The van der Waals surface area contributed by atoms with Crippen LogP contribution < -0.4 is 4.74 Å². The summed E-state index contributed by atoms with van der Waals surface area (Å²) in [7, 11) is 0. The van der Waals surface area contributed by atoms with Crippen molar-refractivity contribution in [2.75, 3.05) is 18.6 Å². The molecule has 0 spiro atoms. The Morgan fingerprint density at radius 3 is 2.75 bits per heavy atom. The largest absolute Gasteiger partial charge is 0.493 e. The standard InChI is InChI=1S/C13H14N2O2S3/c1-3-17-11-7-5-4-6-9(11)10(16)8-19-13-15-14-12(18-2)20-13/h4-7H,3,8H2,1-2H3. The molecule has 2 aromatic rings. The summed E-state index contributed by atoms with van der Waals surface area (Å²) >= 11 is 4.47. The van der Waals surface area contributed by atoms with Gasteiger partial charge in [-0.15, -0.1) is 10.2 Å². The maximum absolute atomic E-state index is 12.2. The quantitative estimate of drug-likeness (QED) is 0.572. The van der Waals surface area contributed by atoms with Crippen molar-refractivity contribution in [3.63, 3.8) is 0 Å². The van der Waals surface area contributed by atoms with Crippen molar-refractivity contribution in [1.29, 1.82) is 0 Å². The van der Waals surface area contributed by atoms with Crippen molar-refractivity contribution in [3.8, 4) is 5.75 Å². The fraction of sp³-hybridized carbons (Fsp3) is 0.308. The van der Waals surface area contributed by atoms with E-state index in [2.05, 4.69) is 10.2 Å². The van der Waals surface area contributed by atoms with Gasteiger partial charge in [-0.1, -0.05) is 47.0 Å². The highest BCUT2D eigenvalue weighted by Crippen LogP contribution is 2.28. The van der Waals surface area contributed by atoms with Crippen LogP contribution >= 0.6 is 34.9 Å². The summed E-state index contributed by atoms with van der Waals surface area (Å²) in [5.41, 5.74) is 0.622. The van der Waals surface area contributed by atoms with E-state index in [1.165, 1.54) is 23.1 Å². The third-order valence-corrected chi connectivity index (χ3v) is 5.41. The van der Waals surface area contributed by atoms with Gasteiger partial charge in [-0.3, -0.25) is 4.79 Å². The highest BCUT2D eigenvalue weighted by molar-refractivity contribution is 8.03. The Morgan fingerprint density at radius 2 is 2.05 bits per heavy atom. The van der Waals surface area contributed by atoms with Crippen molar-refractivity contribution in [1.82, 2.24) is 10.2 Å². The first-order valence-corrected chi connectivity index (χ1v) is 9.02. The molecule has 0 saturated carbocycles. The minimum Gasteiger partial charge on any atom is -0.493 e. The predicted molar refractivity (Wildman–Crippen MR) is 84.4 cm³/mol. The van der Waals surface area contributed by atoms with Crippen molar-refractivity contribution >= 4 is 40.6 Å². The molecule has 0 aliphatic carbocycles. The van der Waals surface area contributed by atoms with Crippen LogP contribution in [-0.4, -0.2) is 34.6 Å². The predicted octanol–water partition coefficient (Wildman–Crippen LogP) is 3.63. The van der Waals surface area contributed by atoms with E-state index < -0.39 is 0 Å². The number of thioether (sulfide) groups is 2. The maximum Gasteiger partial charge on any atom is 0.176 e. The van der Waals surface area contributed by atoms with Crippen molar-refractivity contribution in [3.05, 3.63) is 29.8 Å². The monoisotopic (exact) mass is 326 g/mol. The number of aromatic nitrogens is 2. The van der Waals surface area contributed by atoms with Gasteiger partial charge in [-0.25, -0.2) is 0 Å². The number of ether oxygens (including phenoxy) is 1. The molecule has 0 N–H and O–H groups in total. The molecule has 4 nitrogen and oxygen atoms in total. The number of para-hydroxylation sites is 1. The Balaban J connectivity index is 2.01. The third kappa shape index (κ3) is 3.97. The minimum absolute atomic E-state index is 0.0416. The topological polar surface area (TPSA) is 52.1 Å². The van der Waals surface area contributed by atoms with Crippen LogP contribution in [0.25, 0.3) is 0 Å². The summed E-state index contributed by atoms with van der Waals surface area (Å²) in [4.78, 5) is 12.2. The van der Waals surface area contributed by atoms with Gasteiger partial charge in [-0.05, 0) is 25.3 Å². The Kier molecular flexibility index (Phi) is 5.87. The molecule has 20 heavy (non-hydrogen) atoms. The second-order valence-electron chi connectivity index (χ2n) is 3.68. The molecule has 7 heteroatoms. The fourth-order valence-electron chi connectivity index (χ4n) is 1.52. The Bertz CT molecular complexity index is 587. The van der Waals surface area contributed by atoms with Crippen LogP contribution in [0.3, 0.4) is 0 Å². The summed E-state index contributed by atoms with van der Waals surface area (Å²) in [5.74, 6) is 1.02. The molecule has 0 atom stereocenters. The van der Waals surface area contributed by atoms with E-state index >= 15 is 0 Å². The van der Waals surface area contributed by atoms with Gasteiger partial charge in [0.1, 0.15) is 5.75 Å². The van der Waals surface area contributed by atoms with Gasteiger partial charge >= 0.3 is 0 Å². The Morgan fingerprint density at radius 1 is 1.30 bits per heavy atom. The molecular weight excluding hydrogens is 312 g/mol. The van der Waals surface area contributed by atoms with Crippen molar-refractivity contribution < 1.29 is 9.53 Å². The van der Waals surface area contributed by atoms with Crippen LogP contribution in [0.15, 0.2) is 32.9 Å². The summed E-state index contributed by atoms with van der Waals surface area (Å²) in [5, 5.41) is 8.05. The number of carbonyl (C=O) groups excluding carboxylic acids is 1. The van der Waals surface area contributed by atoms with E-state index in [-0.39, 0.29) is 5.78 Å². The van der Waals surface area contributed by atoms with E-state index in [9.17, 15) is 4.79 Å². The van der Waals surface area contributed by atoms with Gasteiger partial charge in [0.25, 0.3) is 0 Å². The lowest BCUT2D eigenvalue weighted by Gasteiger charge is -2.08. The number of benzene rings is 1. The number of ketones is 1. The highest BCUT2D eigenvalue weighted by Gasteiger charge is 2.13. The average Bonchev–Trinajstić information content (AvgIpc) is 2.94. The summed E-state index contributed by atoms with van der Waals surface area (Å²) in [6.45, 7) is 2.45. The fourth-order valence-corrected chi connectivity index (χ4v) is 3.84. The van der Waals surface area contributed by atoms with Crippen LogP contribution in [0.2, 0.25) is 0 Å². The van der Waals surface area contributed by atoms with Crippen LogP contribution in [0.1, 0.15) is 17.3 Å². The first-order chi connectivity index (χ1) is 9.74. The van der Waals surface area contributed by atoms with E-state index in [1.54, 1.807) is 17.8 Å². The zero-order chi connectivity index (χ0) is 14.4. The van der Waals surface area contributed by atoms with E-state index in [1.807, 2.05) is 31.4 Å². The number of rotatable bonds is 7. The van der Waals surface area contributed by atoms with Gasteiger partial charge < -0.3 is 4.74 Å². The maximum atomic E-state index is 12.2. The zero-order valence-corrected chi connectivity index (χ0v) is 13.6. The van der Waals surface area contributed by atoms with Crippen LogP contribution in [0.5, 0.6) is 5.75 Å². The average molecular weight is 326 g/mol. The van der Waals surface area contributed by atoms with Gasteiger partial charge in [0.05, 0.1) is 17.9 Å². The molecule has 1 aromatic heterocycles. The highest BCUT2D eigenvalue weighted by atomic mass is 32.2. The first-order valence-electron chi connectivity index (χ1n) is 6.00. The van der Waals surface area contributed by atoms with E-state index in [0.29, 0.717) is 23.7 Å². The van der Waals surface area contributed by atoms with Crippen LogP contribution in [0.4, 0.5) is 0 Å². The van der Waals surface area contributed by atoms with E-state index in [4.69, 9.17) is 4.74 Å². The lowest BCUT2D eigenvalue weighted by atomic mass is 10.1. The van der Waals surface area contributed by atoms with Gasteiger partial charge in [-0.2, -0.15) is 0 Å². The molecule has 2 rings (SSSR count). The molecule has 0 fully saturated rings. The molecule has 106 valence electrons. The summed E-state index contributed by atoms with van der Waals surface area (Å²) in [6, 6.07) is 7.32. The smallest absolute Gasteiger partial charge is 0.176 e.